The second-order valence-corrected chi connectivity index (χ2v) is 6.93. The third kappa shape index (κ3) is 4.20. The maximum atomic E-state index is 11.2. The van der Waals surface area contributed by atoms with E-state index >= 15 is 0 Å². The molecule has 0 radical (unpaired) electrons. The molecule has 6 nitrogen and oxygen atoms in total. The molecule has 3 aromatic rings. The number of anilines is 2. The minimum atomic E-state index is -4.21. The summed E-state index contributed by atoms with van der Waals surface area (Å²) in [6.07, 6.45) is 0. The number of nitrogens with one attached hydrogen (secondary N) is 1. The first-order valence-electron chi connectivity index (χ1n) is 7.66. The van der Waals surface area contributed by atoms with E-state index in [1.165, 1.54) is 12.1 Å². The van der Waals surface area contributed by atoms with Gasteiger partial charge in [0.25, 0.3) is 10.1 Å². The maximum Gasteiger partial charge on any atom is 0.294 e. The van der Waals surface area contributed by atoms with E-state index in [0.29, 0.717) is 18.8 Å². The van der Waals surface area contributed by atoms with Gasteiger partial charge in [0.15, 0.2) is 0 Å². The van der Waals surface area contributed by atoms with E-state index in [-0.39, 0.29) is 4.90 Å². The molecule has 0 bridgehead atoms. The van der Waals surface area contributed by atoms with Gasteiger partial charge in [-0.25, -0.2) is 0 Å². The predicted molar refractivity (Wildman–Crippen MR) is 98.6 cm³/mol. The van der Waals surface area contributed by atoms with Crippen LogP contribution in [0.2, 0.25) is 0 Å². The van der Waals surface area contributed by atoms with E-state index < -0.39 is 10.1 Å². The van der Waals surface area contributed by atoms with Crippen molar-refractivity contribution in [2.24, 2.45) is 0 Å². The molecule has 0 spiro atoms. The van der Waals surface area contributed by atoms with Crippen molar-refractivity contribution in [1.29, 1.82) is 0 Å². The van der Waals surface area contributed by atoms with Crippen molar-refractivity contribution >= 4 is 32.3 Å². The zero-order valence-corrected chi connectivity index (χ0v) is 14.2. The normalized spacial score (nSPS) is 11.4. The van der Waals surface area contributed by atoms with Gasteiger partial charge in [-0.2, -0.15) is 8.42 Å². The number of hydrogen-bond donors (Lipinski definition) is 3. The molecule has 0 heterocycles. The molecule has 0 aromatic heterocycles. The maximum absolute atomic E-state index is 11.2. The molecule has 0 amide bonds. The first-order chi connectivity index (χ1) is 11.9. The Balaban J connectivity index is 1.68. The standard InChI is InChI=1S/C18H18N2O4S/c19-14-4-6-15(7-5-14)24-11-10-20-18-3-1-2-13-12-16(25(21,22)23)8-9-17(13)18/h1-9,12,20H,10-11,19H2,(H,21,22,23). The molecular formula is C18H18N2O4S. The molecule has 0 aliphatic carbocycles. The molecule has 0 saturated carbocycles. The molecule has 7 heteroatoms. The number of benzene rings is 3. The number of hydrogen-bond acceptors (Lipinski definition) is 5. The van der Waals surface area contributed by atoms with Gasteiger partial charge in [-0.3, -0.25) is 4.55 Å². The molecule has 0 aliphatic heterocycles. The van der Waals surface area contributed by atoms with Crippen LogP contribution < -0.4 is 15.8 Å². The number of nitrogens with two attached hydrogens (primary N) is 1. The Kier molecular flexibility index (Phi) is 4.78. The lowest BCUT2D eigenvalue weighted by molar-refractivity contribution is 0.333. The first-order valence-corrected chi connectivity index (χ1v) is 9.10. The molecule has 0 aliphatic rings. The molecule has 0 atom stereocenters. The summed E-state index contributed by atoms with van der Waals surface area (Å²) in [7, 11) is -4.21. The van der Waals surface area contributed by atoms with Gasteiger partial charge in [0.05, 0.1) is 4.90 Å². The highest BCUT2D eigenvalue weighted by atomic mass is 32.2. The lowest BCUT2D eigenvalue weighted by Gasteiger charge is -2.11. The van der Waals surface area contributed by atoms with Crippen molar-refractivity contribution in [2.75, 3.05) is 24.2 Å². The van der Waals surface area contributed by atoms with Crippen LogP contribution in [0.3, 0.4) is 0 Å². The number of fused-ring (bicyclic) bond motifs is 1. The van der Waals surface area contributed by atoms with Crippen molar-refractivity contribution in [2.45, 2.75) is 4.90 Å². The largest absolute Gasteiger partial charge is 0.492 e. The smallest absolute Gasteiger partial charge is 0.294 e. The SMILES string of the molecule is Nc1ccc(OCCNc2cccc3cc(S(=O)(=O)O)ccc23)cc1. The van der Waals surface area contributed by atoms with Crippen LogP contribution in [0.1, 0.15) is 0 Å². The van der Waals surface area contributed by atoms with E-state index in [1.807, 2.05) is 24.3 Å². The Bertz CT molecular complexity index is 986. The van der Waals surface area contributed by atoms with Crippen LogP contribution >= 0.6 is 0 Å². The minimum Gasteiger partial charge on any atom is -0.492 e. The van der Waals surface area contributed by atoms with Crippen LogP contribution in [0.4, 0.5) is 11.4 Å². The average molecular weight is 358 g/mol. The van der Waals surface area contributed by atoms with Crippen molar-refractivity contribution in [3.63, 3.8) is 0 Å². The van der Waals surface area contributed by atoms with E-state index in [1.54, 1.807) is 24.3 Å². The molecule has 4 N–H and O–H groups in total. The minimum absolute atomic E-state index is 0.121. The summed E-state index contributed by atoms with van der Waals surface area (Å²) >= 11 is 0. The second-order valence-electron chi connectivity index (χ2n) is 5.51. The van der Waals surface area contributed by atoms with Gasteiger partial charge in [-0.1, -0.05) is 18.2 Å². The van der Waals surface area contributed by atoms with Crippen molar-refractivity contribution in [3.8, 4) is 5.75 Å². The van der Waals surface area contributed by atoms with Gasteiger partial charge in [-0.15, -0.1) is 0 Å². The molecule has 25 heavy (non-hydrogen) atoms. The van der Waals surface area contributed by atoms with Gasteiger partial charge in [0, 0.05) is 23.3 Å². The van der Waals surface area contributed by atoms with Crippen LogP contribution in [0, 0.1) is 0 Å². The number of nitrogen functional groups attached to an aromatic ring is 1. The van der Waals surface area contributed by atoms with E-state index in [2.05, 4.69) is 5.32 Å². The Labute approximate surface area is 146 Å². The van der Waals surface area contributed by atoms with E-state index in [0.717, 1.165) is 22.2 Å². The lowest BCUT2D eigenvalue weighted by atomic mass is 10.1. The zero-order valence-electron chi connectivity index (χ0n) is 13.3. The molecule has 0 saturated heterocycles. The second kappa shape index (κ2) is 7.00. The Morgan fingerprint density at radius 2 is 1.80 bits per heavy atom. The summed E-state index contributed by atoms with van der Waals surface area (Å²) < 4.78 is 37.3. The highest BCUT2D eigenvalue weighted by Gasteiger charge is 2.10. The Morgan fingerprint density at radius 3 is 2.52 bits per heavy atom. The highest BCUT2D eigenvalue weighted by Crippen LogP contribution is 2.26. The van der Waals surface area contributed by atoms with Gasteiger partial charge in [0.2, 0.25) is 0 Å². The van der Waals surface area contributed by atoms with Gasteiger partial charge in [0.1, 0.15) is 12.4 Å². The average Bonchev–Trinajstić information content (AvgIpc) is 2.59. The molecular weight excluding hydrogens is 340 g/mol. The summed E-state index contributed by atoms with van der Waals surface area (Å²) in [5.41, 5.74) is 7.17. The quantitative estimate of drug-likeness (QED) is 0.355. The van der Waals surface area contributed by atoms with Gasteiger partial charge in [-0.05, 0) is 47.9 Å². The molecule has 0 unspecified atom stereocenters. The topological polar surface area (TPSA) is 102 Å². The van der Waals surface area contributed by atoms with Crippen molar-refractivity contribution < 1.29 is 17.7 Å². The monoisotopic (exact) mass is 358 g/mol. The highest BCUT2D eigenvalue weighted by molar-refractivity contribution is 7.85. The third-order valence-electron chi connectivity index (χ3n) is 3.72. The van der Waals surface area contributed by atoms with Gasteiger partial charge >= 0.3 is 0 Å². The summed E-state index contributed by atoms with van der Waals surface area (Å²) in [6.45, 7) is 1.03. The Hall–Kier alpha value is -2.77. The van der Waals surface area contributed by atoms with Crippen LogP contribution in [-0.4, -0.2) is 26.1 Å². The summed E-state index contributed by atoms with van der Waals surface area (Å²) in [4.78, 5) is -0.121. The molecule has 0 fully saturated rings. The van der Waals surface area contributed by atoms with Crippen molar-refractivity contribution in [3.05, 3.63) is 60.7 Å². The molecule has 3 aromatic carbocycles. The fraction of sp³-hybridized carbons (Fsp3) is 0.111. The fourth-order valence-corrected chi connectivity index (χ4v) is 3.01. The van der Waals surface area contributed by atoms with Crippen LogP contribution in [-0.2, 0) is 10.1 Å². The summed E-state index contributed by atoms with van der Waals surface area (Å²) in [6, 6.07) is 17.2. The van der Waals surface area contributed by atoms with Crippen LogP contribution in [0.25, 0.3) is 10.8 Å². The van der Waals surface area contributed by atoms with Crippen LogP contribution in [0.15, 0.2) is 65.6 Å². The van der Waals surface area contributed by atoms with Crippen LogP contribution in [0.5, 0.6) is 5.75 Å². The molecule has 3 rings (SSSR count). The Morgan fingerprint density at radius 1 is 1.04 bits per heavy atom. The number of ether oxygens (including phenoxy) is 1. The fourth-order valence-electron chi connectivity index (χ4n) is 2.50. The van der Waals surface area contributed by atoms with Gasteiger partial charge < -0.3 is 15.8 Å². The predicted octanol–water partition coefficient (Wildman–Crippen LogP) is 3.16. The summed E-state index contributed by atoms with van der Waals surface area (Å²) in [5, 5.41) is 4.85. The number of rotatable bonds is 6. The lowest BCUT2D eigenvalue weighted by Crippen LogP contribution is -2.11. The summed E-state index contributed by atoms with van der Waals surface area (Å²) in [5.74, 6) is 0.742. The van der Waals surface area contributed by atoms with E-state index in [9.17, 15) is 8.42 Å². The van der Waals surface area contributed by atoms with E-state index in [4.69, 9.17) is 15.0 Å². The zero-order chi connectivity index (χ0) is 17.9. The first kappa shape index (κ1) is 17.1. The third-order valence-corrected chi connectivity index (χ3v) is 4.57. The van der Waals surface area contributed by atoms with Crippen molar-refractivity contribution in [1.82, 2.24) is 0 Å². The molecule has 130 valence electrons.